The third kappa shape index (κ3) is 7.78. The third-order valence-electron chi connectivity index (χ3n) is 4.84. The van der Waals surface area contributed by atoms with Crippen LogP contribution in [0.4, 0.5) is 0 Å². The summed E-state index contributed by atoms with van der Waals surface area (Å²) >= 11 is 0. The number of benzene rings is 1. The smallest absolute Gasteiger partial charge is 0.240 e. The van der Waals surface area contributed by atoms with Crippen LogP contribution in [0.3, 0.4) is 0 Å². The van der Waals surface area contributed by atoms with E-state index < -0.39 is 10.0 Å². The average Bonchev–Trinajstić information content (AvgIpc) is 2.65. The standard InChI is InChI=1S/C20H35N3O3S/c1-4-5-6-12-22-27(24,25)19-9-7-18(8-10-19)26-20(2,3)11-15-23-16-13-21-14-17-23/h7-10,21-22H,4-6,11-17H2,1-3H3. The largest absolute Gasteiger partial charge is 0.488 e. The van der Waals surface area contributed by atoms with Crippen molar-refractivity contribution in [3.63, 3.8) is 0 Å². The molecule has 1 aliphatic heterocycles. The number of hydrogen-bond donors (Lipinski definition) is 2. The van der Waals surface area contributed by atoms with Crippen molar-refractivity contribution in [3.8, 4) is 5.75 Å². The molecule has 0 atom stereocenters. The van der Waals surface area contributed by atoms with E-state index in [0.717, 1.165) is 58.4 Å². The van der Waals surface area contributed by atoms with Crippen LogP contribution < -0.4 is 14.8 Å². The molecular formula is C20H35N3O3S. The first-order valence-corrected chi connectivity index (χ1v) is 11.5. The quantitative estimate of drug-likeness (QED) is 0.562. The van der Waals surface area contributed by atoms with Crippen LogP contribution in [0.15, 0.2) is 29.2 Å². The minimum absolute atomic E-state index is 0.282. The predicted octanol–water partition coefficient (Wildman–Crippen LogP) is 2.61. The van der Waals surface area contributed by atoms with E-state index in [1.165, 1.54) is 0 Å². The number of nitrogens with zero attached hydrogens (tertiary/aromatic N) is 1. The zero-order chi connectivity index (χ0) is 19.8. The summed E-state index contributed by atoms with van der Waals surface area (Å²) in [5, 5.41) is 3.36. The Morgan fingerprint density at radius 3 is 2.44 bits per heavy atom. The van der Waals surface area contributed by atoms with Gasteiger partial charge < -0.3 is 15.0 Å². The number of sulfonamides is 1. The highest BCUT2D eigenvalue weighted by molar-refractivity contribution is 7.89. The lowest BCUT2D eigenvalue weighted by Crippen LogP contribution is -2.45. The van der Waals surface area contributed by atoms with E-state index in [0.29, 0.717) is 12.3 Å². The van der Waals surface area contributed by atoms with Gasteiger partial charge in [0.15, 0.2) is 0 Å². The van der Waals surface area contributed by atoms with Crippen molar-refractivity contribution in [1.29, 1.82) is 0 Å². The molecule has 1 heterocycles. The Morgan fingerprint density at radius 1 is 1.15 bits per heavy atom. The van der Waals surface area contributed by atoms with Crippen LogP contribution in [-0.2, 0) is 10.0 Å². The van der Waals surface area contributed by atoms with Gasteiger partial charge in [0.1, 0.15) is 11.4 Å². The van der Waals surface area contributed by atoms with Gasteiger partial charge in [-0.05, 0) is 51.0 Å². The summed E-state index contributed by atoms with van der Waals surface area (Å²) in [6.45, 7) is 12.0. The van der Waals surface area contributed by atoms with Gasteiger partial charge >= 0.3 is 0 Å². The molecule has 6 nitrogen and oxygen atoms in total. The van der Waals surface area contributed by atoms with E-state index in [4.69, 9.17) is 4.74 Å². The molecule has 2 N–H and O–H groups in total. The Kier molecular flexibility index (Phi) is 8.54. The maximum Gasteiger partial charge on any atom is 0.240 e. The molecule has 0 spiro atoms. The van der Waals surface area contributed by atoms with Gasteiger partial charge in [-0.15, -0.1) is 0 Å². The summed E-state index contributed by atoms with van der Waals surface area (Å²) in [5.74, 6) is 0.699. The van der Waals surface area contributed by atoms with Crippen molar-refractivity contribution in [2.45, 2.75) is 57.0 Å². The maximum absolute atomic E-state index is 12.3. The molecule has 0 aliphatic carbocycles. The zero-order valence-corrected chi connectivity index (χ0v) is 17.8. The minimum Gasteiger partial charge on any atom is -0.488 e. The van der Waals surface area contributed by atoms with Gasteiger partial charge in [0.2, 0.25) is 10.0 Å². The van der Waals surface area contributed by atoms with Crippen LogP contribution in [0.2, 0.25) is 0 Å². The lowest BCUT2D eigenvalue weighted by atomic mass is 10.0. The summed E-state index contributed by atoms with van der Waals surface area (Å²) in [5.41, 5.74) is -0.302. The summed E-state index contributed by atoms with van der Waals surface area (Å²) in [6, 6.07) is 6.72. The second-order valence-corrected chi connectivity index (χ2v) is 9.55. The second kappa shape index (κ2) is 10.4. The van der Waals surface area contributed by atoms with Gasteiger partial charge in [-0.1, -0.05) is 19.8 Å². The molecule has 2 rings (SSSR count). The number of nitrogens with one attached hydrogen (secondary N) is 2. The molecule has 0 unspecified atom stereocenters. The first-order chi connectivity index (χ1) is 12.8. The summed E-state index contributed by atoms with van der Waals surface area (Å²) in [7, 11) is -3.44. The van der Waals surface area contributed by atoms with Crippen LogP contribution in [-0.4, -0.2) is 58.2 Å². The fraction of sp³-hybridized carbons (Fsp3) is 0.700. The number of rotatable bonds is 11. The Bertz CT molecular complexity index is 654. The average molecular weight is 398 g/mol. The number of ether oxygens (including phenoxy) is 1. The fourth-order valence-electron chi connectivity index (χ4n) is 3.08. The lowest BCUT2D eigenvalue weighted by molar-refractivity contribution is 0.0808. The van der Waals surface area contributed by atoms with E-state index in [1.807, 2.05) is 0 Å². The van der Waals surface area contributed by atoms with E-state index >= 15 is 0 Å². The topological polar surface area (TPSA) is 70.7 Å². The van der Waals surface area contributed by atoms with Gasteiger partial charge in [0, 0.05) is 39.3 Å². The fourth-order valence-corrected chi connectivity index (χ4v) is 4.16. The van der Waals surface area contributed by atoms with Gasteiger partial charge in [0.25, 0.3) is 0 Å². The molecule has 1 fully saturated rings. The van der Waals surface area contributed by atoms with Gasteiger partial charge in [-0.3, -0.25) is 0 Å². The molecule has 154 valence electrons. The highest BCUT2D eigenvalue weighted by Gasteiger charge is 2.22. The molecule has 0 radical (unpaired) electrons. The minimum atomic E-state index is -3.44. The third-order valence-corrected chi connectivity index (χ3v) is 6.32. The van der Waals surface area contributed by atoms with Crippen molar-refractivity contribution >= 4 is 10.0 Å². The van der Waals surface area contributed by atoms with E-state index in [1.54, 1.807) is 24.3 Å². The highest BCUT2D eigenvalue weighted by Crippen LogP contribution is 2.23. The van der Waals surface area contributed by atoms with Crippen molar-refractivity contribution in [2.24, 2.45) is 0 Å². The molecular weight excluding hydrogens is 362 g/mol. The monoisotopic (exact) mass is 397 g/mol. The second-order valence-electron chi connectivity index (χ2n) is 7.78. The molecule has 0 aromatic heterocycles. The Hall–Kier alpha value is -1.15. The lowest BCUT2D eigenvalue weighted by Gasteiger charge is -2.32. The van der Waals surface area contributed by atoms with Crippen LogP contribution in [0, 0.1) is 0 Å². The van der Waals surface area contributed by atoms with Gasteiger partial charge in [-0.25, -0.2) is 13.1 Å². The van der Waals surface area contributed by atoms with E-state index in [9.17, 15) is 8.42 Å². The molecule has 0 amide bonds. The first-order valence-electron chi connectivity index (χ1n) is 10.0. The van der Waals surface area contributed by atoms with Crippen molar-refractivity contribution in [3.05, 3.63) is 24.3 Å². The number of unbranched alkanes of at least 4 members (excludes halogenated alkanes) is 2. The highest BCUT2D eigenvalue weighted by atomic mass is 32.2. The Labute approximate surface area is 164 Å². The number of hydrogen-bond acceptors (Lipinski definition) is 5. The summed E-state index contributed by atoms with van der Waals surface area (Å²) in [6.07, 6.45) is 3.88. The molecule has 1 aliphatic rings. The predicted molar refractivity (Wildman–Crippen MR) is 110 cm³/mol. The Morgan fingerprint density at radius 2 is 1.81 bits per heavy atom. The van der Waals surface area contributed by atoms with Crippen LogP contribution >= 0.6 is 0 Å². The summed E-state index contributed by atoms with van der Waals surface area (Å²) in [4.78, 5) is 2.73. The van der Waals surface area contributed by atoms with Crippen molar-refractivity contribution in [2.75, 3.05) is 39.3 Å². The van der Waals surface area contributed by atoms with Crippen LogP contribution in [0.1, 0.15) is 46.5 Å². The molecule has 0 saturated carbocycles. The molecule has 1 saturated heterocycles. The summed E-state index contributed by atoms with van der Waals surface area (Å²) < 4.78 is 33.4. The Balaban J connectivity index is 1.86. The van der Waals surface area contributed by atoms with E-state index in [-0.39, 0.29) is 10.5 Å². The molecule has 27 heavy (non-hydrogen) atoms. The van der Waals surface area contributed by atoms with E-state index in [2.05, 4.69) is 35.7 Å². The molecule has 1 aromatic carbocycles. The van der Waals surface area contributed by atoms with Gasteiger partial charge in [-0.2, -0.15) is 0 Å². The maximum atomic E-state index is 12.3. The van der Waals surface area contributed by atoms with Gasteiger partial charge in [0.05, 0.1) is 4.90 Å². The zero-order valence-electron chi connectivity index (χ0n) is 17.0. The van der Waals surface area contributed by atoms with Crippen LogP contribution in [0.25, 0.3) is 0 Å². The molecule has 0 bridgehead atoms. The van der Waals surface area contributed by atoms with Crippen molar-refractivity contribution < 1.29 is 13.2 Å². The van der Waals surface area contributed by atoms with Crippen molar-refractivity contribution in [1.82, 2.24) is 14.9 Å². The molecule has 1 aromatic rings. The van der Waals surface area contributed by atoms with Crippen LogP contribution in [0.5, 0.6) is 5.75 Å². The molecule has 7 heteroatoms. The number of piperazine rings is 1. The normalized spacial score (nSPS) is 16.4. The first kappa shape index (κ1) is 22.1. The SMILES string of the molecule is CCCCCNS(=O)(=O)c1ccc(OC(C)(C)CCN2CCNCC2)cc1.